The Bertz CT molecular complexity index is 1070. The van der Waals surface area contributed by atoms with Gasteiger partial charge in [0.2, 0.25) is 5.43 Å². The summed E-state index contributed by atoms with van der Waals surface area (Å²) in [7, 11) is 0. The molecule has 33 heavy (non-hydrogen) atoms. The second-order valence-electron chi connectivity index (χ2n) is 8.74. The fourth-order valence-electron chi connectivity index (χ4n) is 3.87. The van der Waals surface area contributed by atoms with Crippen LogP contribution in [0, 0.1) is 5.92 Å². The zero-order valence-corrected chi connectivity index (χ0v) is 18.7. The van der Waals surface area contributed by atoms with E-state index in [1.54, 1.807) is 9.47 Å². The smallest absolute Gasteiger partial charge is 0.352 e. The Morgan fingerprint density at radius 3 is 2.36 bits per heavy atom. The van der Waals surface area contributed by atoms with Crippen molar-refractivity contribution >= 4 is 11.8 Å². The lowest BCUT2D eigenvalue weighted by molar-refractivity contribution is -0.137. The van der Waals surface area contributed by atoms with E-state index in [2.05, 4.69) is 5.32 Å². The van der Waals surface area contributed by atoms with E-state index in [0.29, 0.717) is 19.6 Å². The summed E-state index contributed by atoms with van der Waals surface area (Å²) in [5.41, 5.74) is -1.51. The number of nitrogens with zero attached hydrogens (tertiary/aromatic N) is 2. The van der Waals surface area contributed by atoms with E-state index in [4.69, 9.17) is 0 Å². The van der Waals surface area contributed by atoms with Crippen LogP contribution in [0.1, 0.15) is 65.0 Å². The van der Waals surface area contributed by atoms with Crippen LogP contribution in [0.2, 0.25) is 0 Å². The fourth-order valence-corrected chi connectivity index (χ4v) is 3.87. The molecule has 2 amide bonds. The van der Waals surface area contributed by atoms with E-state index in [1.807, 2.05) is 13.8 Å². The van der Waals surface area contributed by atoms with Gasteiger partial charge in [-0.25, -0.2) is 0 Å². The molecule has 0 radical (unpaired) electrons. The maximum atomic E-state index is 13.1. The molecule has 2 heterocycles. The minimum absolute atomic E-state index is 0.0655. The molecule has 1 saturated heterocycles. The molecule has 178 valence electrons. The lowest BCUT2D eigenvalue weighted by Gasteiger charge is -2.27. The van der Waals surface area contributed by atoms with Crippen molar-refractivity contribution in [3.05, 3.63) is 69.1 Å². The van der Waals surface area contributed by atoms with Gasteiger partial charge in [0.25, 0.3) is 11.8 Å². The summed E-state index contributed by atoms with van der Waals surface area (Å²) >= 11 is 0. The summed E-state index contributed by atoms with van der Waals surface area (Å²) in [5, 5.41) is 2.52. The summed E-state index contributed by atoms with van der Waals surface area (Å²) < 4.78 is 40.5. The largest absolute Gasteiger partial charge is 0.416 e. The Hall–Kier alpha value is -3.10. The van der Waals surface area contributed by atoms with Crippen molar-refractivity contribution in [2.45, 2.75) is 52.4 Å². The van der Waals surface area contributed by atoms with Crippen LogP contribution in [-0.2, 0) is 19.3 Å². The number of carbonyl (C=O) groups is 2. The van der Waals surface area contributed by atoms with E-state index < -0.39 is 29.0 Å². The van der Waals surface area contributed by atoms with Gasteiger partial charge in [-0.15, -0.1) is 0 Å². The number of piperidine rings is 1. The Labute approximate surface area is 190 Å². The van der Waals surface area contributed by atoms with Gasteiger partial charge in [0.1, 0.15) is 11.1 Å². The van der Waals surface area contributed by atoms with Crippen molar-refractivity contribution in [3.8, 4) is 0 Å². The topological polar surface area (TPSA) is 71.4 Å². The number of alkyl halides is 3. The fraction of sp³-hybridized carbons (Fsp3) is 0.458. The molecule has 0 spiro atoms. The van der Waals surface area contributed by atoms with Crippen molar-refractivity contribution in [2.75, 3.05) is 13.1 Å². The summed E-state index contributed by atoms with van der Waals surface area (Å²) in [4.78, 5) is 40.5. The SMILES string of the molecule is CC(C)Cn1cc(C(=O)NCc2cccc(C(F)(F)F)c2)c(=O)c(C(=O)N2CCCCC2)c1. The van der Waals surface area contributed by atoms with E-state index in [-0.39, 0.29) is 29.2 Å². The van der Waals surface area contributed by atoms with Crippen LogP contribution in [0.15, 0.2) is 41.5 Å². The predicted octanol–water partition coefficient (Wildman–Crippen LogP) is 4.08. The number of hydrogen-bond donors (Lipinski definition) is 1. The molecular weight excluding hydrogens is 435 g/mol. The summed E-state index contributed by atoms with van der Waals surface area (Å²) in [5.74, 6) is -0.931. The summed E-state index contributed by atoms with van der Waals surface area (Å²) in [6, 6.07) is 4.62. The third-order valence-electron chi connectivity index (χ3n) is 5.48. The Morgan fingerprint density at radius 1 is 1.06 bits per heavy atom. The molecule has 9 heteroatoms. The van der Waals surface area contributed by atoms with Crippen LogP contribution in [-0.4, -0.2) is 34.4 Å². The van der Waals surface area contributed by atoms with Crippen molar-refractivity contribution in [2.24, 2.45) is 5.92 Å². The maximum absolute atomic E-state index is 13.1. The molecule has 0 saturated carbocycles. The average molecular weight is 464 g/mol. The molecule has 1 fully saturated rings. The van der Waals surface area contributed by atoms with Crippen molar-refractivity contribution in [1.29, 1.82) is 0 Å². The monoisotopic (exact) mass is 463 g/mol. The molecule has 0 aliphatic carbocycles. The Kier molecular flexibility index (Phi) is 7.61. The third-order valence-corrected chi connectivity index (χ3v) is 5.48. The Balaban J connectivity index is 1.87. The number of pyridine rings is 1. The molecule has 3 rings (SSSR count). The second kappa shape index (κ2) is 10.2. The van der Waals surface area contributed by atoms with Gasteiger partial charge < -0.3 is 14.8 Å². The maximum Gasteiger partial charge on any atom is 0.416 e. The van der Waals surface area contributed by atoms with Crippen LogP contribution < -0.4 is 10.7 Å². The third kappa shape index (κ3) is 6.24. The highest BCUT2D eigenvalue weighted by atomic mass is 19.4. The number of hydrogen-bond acceptors (Lipinski definition) is 3. The van der Waals surface area contributed by atoms with Gasteiger partial charge in [-0.2, -0.15) is 13.2 Å². The molecule has 1 aromatic carbocycles. The highest BCUT2D eigenvalue weighted by Gasteiger charge is 2.30. The van der Waals surface area contributed by atoms with E-state index in [1.165, 1.54) is 24.5 Å². The first-order valence-electron chi connectivity index (χ1n) is 11.0. The minimum atomic E-state index is -4.49. The lowest BCUT2D eigenvalue weighted by atomic mass is 10.1. The standard InChI is InChI=1S/C24H28F3N3O3/c1-16(2)13-29-14-19(21(31)20(15-29)23(33)30-9-4-3-5-10-30)22(32)28-12-17-7-6-8-18(11-17)24(25,26)27/h6-8,11,14-16H,3-5,9-10,12-13H2,1-2H3,(H,28,32). The predicted molar refractivity (Wildman–Crippen MR) is 118 cm³/mol. The first-order chi connectivity index (χ1) is 15.6. The number of likely N-dealkylation sites (tertiary alicyclic amines) is 1. The van der Waals surface area contributed by atoms with Gasteiger partial charge >= 0.3 is 6.18 Å². The number of carbonyl (C=O) groups excluding carboxylic acids is 2. The van der Waals surface area contributed by atoms with E-state index in [9.17, 15) is 27.6 Å². The van der Waals surface area contributed by atoms with Crippen LogP contribution in [0.4, 0.5) is 13.2 Å². The zero-order chi connectivity index (χ0) is 24.2. The number of amides is 2. The van der Waals surface area contributed by atoms with Gasteiger partial charge in [-0.1, -0.05) is 26.0 Å². The summed E-state index contributed by atoms with van der Waals surface area (Å²) in [6.45, 7) is 5.38. The van der Waals surface area contributed by atoms with Crippen LogP contribution >= 0.6 is 0 Å². The van der Waals surface area contributed by atoms with E-state index >= 15 is 0 Å². The first-order valence-corrected chi connectivity index (χ1v) is 11.0. The lowest BCUT2D eigenvalue weighted by Crippen LogP contribution is -2.40. The van der Waals surface area contributed by atoms with Crippen LogP contribution in [0.5, 0.6) is 0 Å². The van der Waals surface area contributed by atoms with Crippen LogP contribution in [0.25, 0.3) is 0 Å². The van der Waals surface area contributed by atoms with Gasteiger partial charge in [-0.05, 0) is 42.9 Å². The van der Waals surface area contributed by atoms with Crippen molar-refractivity contribution < 1.29 is 22.8 Å². The quantitative estimate of drug-likeness (QED) is 0.702. The highest BCUT2D eigenvalue weighted by Crippen LogP contribution is 2.29. The molecule has 1 aliphatic heterocycles. The minimum Gasteiger partial charge on any atom is -0.352 e. The first kappa shape index (κ1) is 24.5. The molecule has 6 nitrogen and oxygen atoms in total. The van der Waals surface area contributed by atoms with Gasteiger partial charge in [0.15, 0.2) is 0 Å². The molecule has 1 aliphatic rings. The van der Waals surface area contributed by atoms with Crippen molar-refractivity contribution in [1.82, 2.24) is 14.8 Å². The molecule has 0 unspecified atom stereocenters. The second-order valence-corrected chi connectivity index (χ2v) is 8.74. The molecule has 2 aromatic rings. The normalized spacial score (nSPS) is 14.4. The number of halogens is 3. The van der Waals surface area contributed by atoms with Gasteiger partial charge in [0, 0.05) is 38.6 Å². The number of nitrogens with one attached hydrogen (secondary N) is 1. The number of benzene rings is 1. The zero-order valence-electron chi connectivity index (χ0n) is 18.7. The Morgan fingerprint density at radius 2 is 1.73 bits per heavy atom. The van der Waals surface area contributed by atoms with Crippen molar-refractivity contribution in [3.63, 3.8) is 0 Å². The average Bonchev–Trinajstić information content (AvgIpc) is 2.78. The summed E-state index contributed by atoms with van der Waals surface area (Å²) in [6.07, 6.45) is 1.15. The number of aromatic nitrogens is 1. The van der Waals surface area contributed by atoms with E-state index in [0.717, 1.165) is 31.4 Å². The molecule has 0 bridgehead atoms. The van der Waals surface area contributed by atoms with Gasteiger partial charge in [0.05, 0.1) is 5.56 Å². The molecule has 0 atom stereocenters. The van der Waals surface area contributed by atoms with Gasteiger partial charge in [-0.3, -0.25) is 14.4 Å². The van der Waals surface area contributed by atoms with Crippen LogP contribution in [0.3, 0.4) is 0 Å². The molecule has 1 aromatic heterocycles. The number of rotatable bonds is 6. The molecule has 1 N–H and O–H groups in total. The highest BCUT2D eigenvalue weighted by molar-refractivity contribution is 5.99. The molecular formula is C24H28F3N3O3.